The first-order chi connectivity index (χ1) is 24.1. The van der Waals surface area contributed by atoms with Gasteiger partial charge in [-0.15, -0.1) is 0 Å². The number of hydrogen-bond donors (Lipinski definition) is 1. The van der Waals surface area contributed by atoms with Crippen LogP contribution in [-0.4, -0.2) is 67.1 Å². The van der Waals surface area contributed by atoms with Crippen LogP contribution in [0.15, 0.2) is 77.3 Å². The molecule has 4 aromatic heterocycles. The van der Waals surface area contributed by atoms with Gasteiger partial charge in [0.25, 0.3) is 11.4 Å². The van der Waals surface area contributed by atoms with Crippen molar-refractivity contribution in [2.75, 3.05) is 14.2 Å². The van der Waals surface area contributed by atoms with Crippen LogP contribution in [0.3, 0.4) is 0 Å². The third-order valence-electron chi connectivity index (χ3n) is 6.38. The third kappa shape index (κ3) is 15.3. The molecule has 0 unspecified atom stereocenters. The van der Waals surface area contributed by atoms with E-state index >= 15 is 0 Å². The van der Waals surface area contributed by atoms with Gasteiger partial charge in [-0.1, -0.05) is 34.9 Å². The van der Waals surface area contributed by atoms with Gasteiger partial charge in [0.05, 0.1) is 24.1 Å². The Labute approximate surface area is 370 Å². The predicted octanol–water partition coefficient (Wildman–Crippen LogP) is 6.69. The average molecular weight is 1080 g/mol. The van der Waals surface area contributed by atoms with Crippen molar-refractivity contribution in [3.05, 3.63) is 137 Å². The quantitative estimate of drug-likeness (QED) is 0.0762. The molecular weight excluding hydrogens is 1050 g/mol. The van der Waals surface area contributed by atoms with Crippen LogP contribution in [0.5, 0.6) is 11.8 Å². The average Bonchev–Trinajstić information content (AvgIpc) is 3.69. The van der Waals surface area contributed by atoms with Crippen LogP contribution >= 0.6 is 75.3 Å². The van der Waals surface area contributed by atoms with E-state index in [9.17, 15) is 25.0 Å². The number of aromatic amines is 1. The number of H-pyrrole nitrogens is 1. The Kier molecular flexibility index (Phi) is 23.6. The normalized spacial score (nSPS) is 11.1. The number of allylic oxidation sites excluding steroid dienone is 3. The van der Waals surface area contributed by atoms with E-state index in [1.165, 1.54) is 53.9 Å². The molecule has 0 aliphatic heterocycles. The molecule has 278 valence electrons. The van der Waals surface area contributed by atoms with Crippen molar-refractivity contribution in [2.45, 2.75) is 33.6 Å². The molecular formula is C33H30Br5ClMgN6O7. The number of ether oxygens (including phenoxy) is 2. The Morgan fingerprint density at radius 2 is 1.28 bits per heavy atom. The van der Waals surface area contributed by atoms with Crippen molar-refractivity contribution in [3.63, 3.8) is 0 Å². The van der Waals surface area contributed by atoms with E-state index in [2.05, 4.69) is 120 Å². The fraction of sp³-hybridized carbons (Fsp3) is 0.212. The van der Waals surface area contributed by atoms with Gasteiger partial charge in [-0.2, -0.15) is 6.92 Å². The number of methoxy groups -OCH3 is 2. The van der Waals surface area contributed by atoms with E-state index in [0.717, 1.165) is 38.8 Å². The molecule has 0 amide bonds. The summed E-state index contributed by atoms with van der Waals surface area (Å²) in [5.41, 5.74) is 6.59. The zero-order chi connectivity index (χ0) is 38.4. The minimum absolute atomic E-state index is 0. The molecule has 4 aromatic rings. The SMILES string of the molecule is C=[C-]C.CC1=Cc2c(Br)c[nH]c(=O)c2C1.COc1ncc(Br)c2c1CC(C)=C2.COc1ncc(Br)cc1[N+](=O)[O-].O=[N+]([O-])c1cc(Br)cnc1Cl.[Br-].[Mg+2]. The van der Waals surface area contributed by atoms with Crippen molar-refractivity contribution in [1.29, 1.82) is 0 Å². The molecule has 0 radical (unpaired) electrons. The third-order valence-corrected chi connectivity index (χ3v) is 8.83. The number of pyridine rings is 4. The molecule has 2 aliphatic rings. The van der Waals surface area contributed by atoms with Gasteiger partial charge in [-0.25, -0.2) is 15.0 Å². The number of nitrogens with zero attached hydrogens (tertiary/aromatic N) is 5. The summed E-state index contributed by atoms with van der Waals surface area (Å²) in [6.45, 7) is 9.15. The molecule has 0 fully saturated rings. The first kappa shape index (κ1) is 50.5. The molecule has 6 rings (SSSR count). The smallest absolute Gasteiger partial charge is 1.00 e. The molecule has 20 heteroatoms. The maximum absolute atomic E-state index is 11.3. The second-order valence-electron chi connectivity index (χ2n) is 10.2. The van der Waals surface area contributed by atoms with Crippen LogP contribution in [0, 0.1) is 26.3 Å². The summed E-state index contributed by atoms with van der Waals surface area (Å²) in [5.74, 6) is 0.759. The molecule has 53 heavy (non-hydrogen) atoms. The van der Waals surface area contributed by atoms with Gasteiger partial charge in [0.1, 0.15) is 0 Å². The summed E-state index contributed by atoms with van der Waals surface area (Å²) < 4.78 is 13.0. The van der Waals surface area contributed by atoms with Crippen molar-refractivity contribution in [2.24, 2.45) is 0 Å². The summed E-state index contributed by atoms with van der Waals surface area (Å²) in [5, 5.41) is 20.5. The molecule has 0 bridgehead atoms. The van der Waals surface area contributed by atoms with Gasteiger partial charge in [0, 0.05) is 65.9 Å². The summed E-state index contributed by atoms with van der Waals surface area (Å²) in [6.07, 6.45) is 14.8. The molecule has 0 saturated carbocycles. The van der Waals surface area contributed by atoms with Crippen molar-refractivity contribution < 1.29 is 36.3 Å². The van der Waals surface area contributed by atoms with Gasteiger partial charge < -0.3 is 37.5 Å². The monoisotopic (exact) mass is 1080 g/mol. The van der Waals surface area contributed by atoms with Crippen LogP contribution < -0.4 is 32.0 Å². The fourth-order valence-electron chi connectivity index (χ4n) is 4.31. The van der Waals surface area contributed by atoms with E-state index in [4.69, 9.17) is 16.3 Å². The van der Waals surface area contributed by atoms with E-state index < -0.39 is 9.85 Å². The predicted molar refractivity (Wildman–Crippen MR) is 217 cm³/mol. The minimum Gasteiger partial charge on any atom is -1.00 e. The number of aromatic nitrogens is 4. The van der Waals surface area contributed by atoms with Gasteiger partial charge in [0.2, 0.25) is 11.0 Å². The Hall–Kier alpha value is -2.52. The number of hydrogen-bond acceptors (Lipinski definition) is 10. The number of fused-ring (bicyclic) bond motifs is 2. The Bertz CT molecular complexity index is 2050. The number of nitrogens with one attached hydrogen (secondary N) is 1. The fourth-order valence-corrected chi connectivity index (χ4v) is 6.05. The maximum Gasteiger partial charge on any atom is 2.00 e. The summed E-state index contributed by atoms with van der Waals surface area (Å²) in [4.78, 5) is 45.0. The molecule has 0 atom stereocenters. The molecule has 4 heterocycles. The van der Waals surface area contributed by atoms with Crippen molar-refractivity contribution in [3.8, 4) is 11.8 Å². The molecule has 2 aliphatic carbocycles. The van der Waals surface area contributed by atoms with Gasteiger partial charge in [0.15, 0.2) is 0 Å². The van der Waals surface area contributed by atoms with E-state index in [1.54, 1.807) is 26.4 Å². The van der Waals surface area contributed by atoms with E-state index in [0.29, 0.717) is 8.95 Å². The van der Waals surface area contributed by atoms with Crippen LogP contribution in [0.25, 0.3) is 12.2 Å². The van der Waals surface area contributed by atoms with E-state index in [-0.39, 0.29) is 68.0 Å². The summed E-state index contributed by atoms with van der Waals surface area (Å²) in [7, 11) is 2.99. The number of rotatable bonds is 4. The number of halogens is 6. The zero-order valence-electron chi connectivity index (χ0n) is 28.8. The van der Waals surface area contributed by atoms with Gasteiger partial charge >= 0.3 is 34.4 Å². The Morgan fingerprint density at radius 1 is 0.830 bits per heavy atom. The van der Waals surface area contributed by atoms with Gasteiger partial charge in [-0.3, -0.25) is 31.6 Å². The van der Waals surface area contributed by atoms with Crippen molar-refractivity contribution in [1.82, 2.24) is 19.9 Å². The molecule has 0 aromatic carbocycles. The van der Waals surface area contributed by atoms with Crippen LogP contribution in [0.2, 0.25) is 5.15 Å². The minimum atomic E-state index is -0.583. The Morgan fingerprint density at radius 3 is 1.75 bits per heavy atom. The molecule has 13 nitrogen and oxygen atoms in total. The summed E-state index contributed by atoms with van der Waals surface area (Å²) >= 11 is 18.4. The maximum atomic E-state index is 11.3. The van der Waals surface area contributed by atoms with Crippen LogP contribution in [0.1, 0.15) is 43.0 Å². The second-order valence-corrected chi connectivity index (χ2v) is 14.1. The Balaban J connectivity index is 0.000000656. The molecule has 0 saturated heterocycles. The number of nitro groups is 2. The van der Waals surface area contributed by atoms with Crippen LogP contribution in [0.4, 0.5) is 11.4 Å². The first-order valence-corrected chi connectivity index (χ1v) is 17.8. The van der Waals surface area contributed by atoms with E-state index in [1.807, 2.05) is 6.92 Å². The van der Waals surface area contributed by atoms with Crippen molar-refractivity contribution >= 4 is 122 Å². The van der Waals surface area contributed by atoms with Gasteiger partial charge in [-0.05, 0) is 102 Å². The second kappa shape index (κ2) is 24.8. The topological polar surface area (TPSA) is 176 Å². The zero-order valence-corrected chi connectivity index (χ0v) is 38.9. The molecule has 1 N–H and O–H groups in total. The van der Waals surface area contributed by atoms with Crippen LogP contribution in [-0.2, 0) is 12.8 Å². The standard InChI is InChI=1S/C10H10BrNO.C9H8BrNO.C6H5BrN2O3.C5H2BrClN2O2.C3H5.BrH.Mg/c1-6-3-7-8(4-6)10(13-2)12-5-9(7)11;1-5-2-6-7(3-5)9(12)11-4-8(6)10;1-12-6-5(9(10)11)2-4(7)3-8-6;6-3-1-4(9(10)11)5(7)8-2-3;1-3-2;;/h3,5H,4H2,1-2H3;2,4H,3H2,1H3,(H,11,12);2-3H,1H3;1-2H;1H2,2H3;1H;/q;;;;-1;;+2/p-1. The molecule has 0 spiro atoms. The first-order valence-electron chi connectivity index (χ1n) is 14.3. The summed E-state index contributed by atoms with van der Waals surface area (Å²) in [6, 6.07) is 2.64. The largest absolute Gasteiger partial charge is 2.00 e.